The van der Waals surface area contributed by atoms with Gasteiger partial charge in [0.1, 0.15) is 6.04 Å². The summed E-state index contributed by atoms with van der Waals surface area (Å²) in [6, 6.07) is -1.71. The largest absolute Gasteiger partial charge is 0.480 e. The van der Waals surface area contributed by atoms with Crippen molar-refractivity contribution >= 4 is 17.9 Å². The van der Waals surface area contributed by atoms with Gasteiger partial charge in [0, 0.05) is 0 Å². The average molecular weight is 200 g/mol. The molecule has 3 amide bonds. The number of nitrogens with one attached hydrogen (secondary N) is 1. The maximum Gasteiger partial charge on any atom is 0.327 e. The summed E-state index contributed by atoms with van der Waals surface area (Å²) in [4.78, 5) is 34.0. The normalized spacial score (nSPS) is 18.6. The van der Waals surface area contributed by atoms with Crippen LogP contribution in [0.5, 0.6) is 0 Å². The van der Waals surface area contributed by atoms with Crippen LogP contribution < -0.4 is 5.32 Å². The Bertz CT molecular complexity index is 271. The molecule has 0 saturated carbocycles. The topological polar surface area (TPSA) is 86.7 Å². The average Bonchev–Trinajstić information content (AvgIpc) is 2.34. The molecule has 0 aliphatic carbocycles. The molecule has 1 rings (SSSR count). The van der Waals surface area contributed by atoms with Gasteiger partial charge in [-0.3, -0.25) is 4.79 Å². The van der Waals surface area contributed by atoms with Crippen molar-refractivity contribution < 1.29 is 19.5 Å². The predicted octanol–water partition coefficient (Wildman–Crippen LogP) is -0.353. The molecule has 0 aromatic carbocycles. The minimum Gasteiger partial charge on any atom is -0.480 e. The van der Waals surface area contributed by atoms with Crippen molar-refractivity contribution in [2.45, 2.75) is 19.9 Å². The third-order valence-corrected chi connectivity index (χ3v) is 2.04. The number of rotatable bonds is 3. The van der Waals surface area contributed by atoms with Crippen molar-refractivity contribution in [3.63, 3.8) is 0 Å². The van der Waals surface area contributed by atoms with Gasteiger partial charge in [0.15, 0.2) is 0 Å². The van der Waals surface area contributed by atoms with Gasteiger partial charge in [0.25, 0.3) is 5.91 Å². The smallest absolute Gasteiger partial charge is 0.327 e. The molecule has 0 spiro atoms. The second kappa shape index (κ2) is 3.65. The van der Waals surface area contributed by atoms with Crippen LogP contribution in [0.15, 0.2) is 0 Å². The number of imide groups is 1. The molecule has 2 N–H and O–H groups in total. The van der Waals surface area contributed by atoms with Gasteiger partial charge in [-0.2, -0.15) is 0 Å². The van der Waals surface area contributed by atoms with E-state index < -0.39 is 23.9 Å². The Hall–Kier alpha value is -1.59. The number of carbonyl (C=O) groups excluding carboxylic acids is 2. The lowest BCUT2D eigenvalue weighted by molar-refractivity contribution is -0.147. The van der Waals surface area contributed by atoms with Crippen LogP contribution in [0.3, 0.4) is 0 Å². The molecule has 0 aromatic rings. The fourth-order valence-electron chi connectivity index (χ4n) is 1.41. The highest BCUT2D eigenvalue weighted by Gasteiger charge is 2.40. The van der Waals surface area contributed by atoms with Gasteiger partial charge in [-0.05, 0) is 5.92 Å². The zero-order valence-electron chi connectivity index (χ0n) is 7.98. The molecule has 1 atom stereocenters. The number of carbonyl (C=O) groups is 3. The quantitative estimate of drug-likeness (QED) is 0.609. The number of nitrogens with zero attached hydrogens (tertiary/aromatic N) is 1. The van der Waals surface area contributed by atoms with Gasteiger partial charge in [-0.1, -0.05) is 13.8 Å². The van der Waals surface area contributed by atoms with Gasteiger partial charge in [-0.15, -0.1) is 0 Å². The molecule has 14 heavy (non-hydrogen) atoms. The minimum atomic E-state index is -1.16. The van der Waals surface area contributed by atoms with E-state index in [1.807, 2.05) is 0 Å². The number of hydrogen-bond acceptors (Lipinski definition) is 3. The Labute approximate surface area is 80.9 Å². The summed E-state index contributed by atoms with van der Waals surface area (Å²) >= 11 is 0. The maximum absolute atomic E-state index is 11.2. The molecule has 6 nitrogen and oxygen atoms in total. The lowest BCUT2D eigenvalue weighted by atomic mass is 10.0. The minimum absolute atomic E-state index is 0.116. The zero-order valence-corrected chi connectivity index (χ0v) is 7.98. The van der Waals surface area contributed by atoms with Gasteiger partial charge >= 0.3 is 12.0 Å². The first-order chi connectivity index (χ1) is 6.45. The first-order valence-corrected chi connectivity index (χ1v) is 4.28. The van der Waals surface area contributed by atoms with Crippen LogP contribution in [0, 0.1) is 5.92 Å². The van der Waals surface area contributed by atoms with Crippen LogP contribution in [0.2, 0.25) is 0 Å². The van der Waals surface area contributed by atoms with Crippen molar-refractivity contribution in [2.24, 2.45) is 5.92 Å². The lowest BCUT2D eigenvalue weighted by Gasteiger charge is -2.24. The summed E-state index contributed by atoms with van der Waals surface area (Å²) in [5.41, 5.74) is 0. The van der Waals surface area contributed by atoms with E-state index in [4.69, 9.17) is 5.11 Å². The van der Waals surface area contributed by atoms with Gasteiger partial charge in [-0.25, -0.2) is 14.5 Å². The van der Waals surface area contributed by atoms with Gasteiger partial charge < -0.3 is 10.4 Å². The van der Waals surface area contributed by atoms with Gasteiger partial charge in [0.2, 0.25) is 0 Å². The number of hydrogen-bond donors (Lipinski definition) is 2. The van der Waals surface area contributed by atoms with Crippen molar-refractivity contribution in [1.82, 2.24) is 10.2 Å². The number of carboxylic acid groups (broad SMARTS) is 1. The van der Waals surface area contributed by atoms with E-state index in [0.717, 1.165) is 4.90 Å². The maximum atomic E-state index is 11.2. The molecule has 6 heteroatoms. The van der Waals surface area contributed by atoms with E-state index in [1.54, 1.807) is 13.8 Å². The molecule has 0 aromatic heterocycles. The molecule has 1 aliphatic heterocycles. The zero-order chi connectivity index (χ0) is 10.9. The molecule has 78 valence electrons. The summed E-state index contributed by atoms with van der Waals surface area (Å²) < 4.78 is 0. The molecule has 1 heterocycles. The molecule has 1 unspecified atom stereocenters. The van der Waals surface area contributed by atoms with Crippen LogP contribution in [0.4, 0.5) is 4.79 Å². The van der Waals surface area contributed by atoms with E-state index >= 15 is 0 Å². The van der Waals surface area contributed by atoms with Crippen LogP contribution in [-0.2, 0) is 9.59 Å². The molecule has 1 aliphatic rings. The standard InChI is InChI=1S/C8H12N2O4/c1-4(2)6(7(12)13)10-5(11)3-9-8(10)14/h4,6H,3H2,1-2H3,(H,9,14)(H,12,13). The number of urea groups is 1. The summed E-state index contributed by atoms with van der Waals surface area (Å²) in [5, 5.41) is 11.1. The van der Waals surface area contributed by atoms with E-state index in [-0.39, 0.29) is 12.5 Å². The summed E-state index contributed by atoms with van der Waals surface area (Å²) in [7, 11) is 0. The van der Waals surface area contributed by atoms with Crippen LogP contribution in [0.25, 0.3) is 0 Å². The Kier molecular flexibility index (Phi) is 2.73. The molecular formula is C8H12N2O4. The van der Waals surface area contributed by atoms with Crippen molar-refractivity contribution in [1.29, 1.82) is 0 Å². The van der Waals surface area contributed by atoms with Gasteiger partial charge in [0.05, 0.1) is 6.54 Å². The first kappa shape index (κ1) is 10.5. The van der Waals surface area contributed by atoms with E-state index in [9.17, 15) is 14.4 Å². The fraction of sp³-hybridized carbons (Fsp3) is 0.625. The second-order valence-electron chi connectivity index (χ2n) is 3.45. The lowest BCUT2D eigenvalue weighted by Crippen LogP contribution is -2.48. The van der Waals surface area contributed by atoms with Crippen LogP contribution in [-0.4, -0.2) is 40.5 Å². The monoisotopic (exact) mass is 200 g/mol. The first-order valence-electron chi connectivity index (χ1n) is 4.28. The fourth-order valence-corrected chi connectivity index (χ4v) is 1.41. The Morgan fingerprint density at radius 1 is 1.50 bits per heavy atom. The highest BCUT2D eigenvalue weighted by Crippen LogP contribution is 2.14. The van der Waals surface area contributed by atoms with E-state index in [0.29, 0.717) is 0 Å². The highest BCUT2D eigenvalue weighted by atomic mass is 16.4. The van der Waals surface area contributed by atoms with Crippen LogP contribution >= 0.6 is 0 Å². The molecule has 1 saturated heterocycles. The number of carboxylic acids is 1. The summed E-state index contributed by atoms with van der Waals surface area (Å²) in [6.45, 7) is 3.19. The Morgan fingerprint density at radius 2 is 2.07 bits per heavy atom. The predicted molar refractivity (Wildman–Crippen MR) is 46.5 cm³/mol. The number of amides is 3. The highest BCUT2D eigenvalue weighted by molar-refractivity contribution is 6.04. The third-order valence-electron chi connectivity index (χ3n) is 2.04. The van der Waals surface area contributed by atoms with Crippen molar-refractivity contribution in [3.8, 4) is 0 Å². The van der Waals surface area contributed by atoms with E-state index in [2.05, 4.69) is 5.32 Å². The second-order valence-corrected chi connectivity index (χ2v) is 3.45. The molecular weight excluding hydrogens is 188 g/mol. The van der Waals surface area contributed by atoms with Crippen molar-refractivity contribution in [2.75, 3.05) is 6.54 Å². The molecule has 0 radical (unpaired) electrons. The molecule has 0 bridgehead atoms. The number of aliphatic carboxylic acids is 1. The third kappa shape index (κ3) is 1.68. The Morgan fingerprint density at radius 3 is 2.36 bits per heavy atom. The summed E-state index contributed by atoms with van der Waals surface area (Å²) in [5.74, 6) is -1.96. The van der Waals surface area contributed by atoms with E-state index in [1.165, 1.54) is 0 Å². The van der Waals surface area contributed by atoms with Crippen LogP contribution in [0.1, 0.15) is 13.8 Å². The SMILES string of the molecule is CC(C)C(C(=O)O)N1C(=O)CNC1=O. The Balaban J connectivity index is 2.92. The summed E-state index contributed by atoms with van der Waals surface area (Å²) in [6.07, 6.45) is 0. The molecule has 1 fully saturated rings. The van der Waals surface area contributed by atoms with Crippen molar-refractivity contribution in [3.05, 3.63) is 0 Å².